The zero-order chi connectivity index (χ0) is 13.2. The van der Waals surface area contributed by atoms with Crippen LogP contribution < -0.4 is 5.73 Å². The summed E-state index contributed by atoms with van der Waals surface area (Å²) in [7, 11) is 0. The second-order valence-corrected chi connectivity index (χ2v) is 4.39. The molecule has 96 valence electrons. The minimum absolute atomic E-state index is 0.419. The van der Waals surface area contributed by atoms with E-state index in [2.05, 4.69) is 26.4 Å². The first-order valence-corrected chi connectivity index (χ1v) is 6.33. The van der Waals surface area contributed by atoms with Crippen molar-refractivity contribution in [1.82, 2.24) is 19.5 Å². The highest BCUT2D eigenvalue weighted by molar-refractivity contribution is 5.80. The lowest BCUT2D eigenvalue weighted by molar-refractivity contribution is 0.684. The summed E-state index contributed by atoms with van der Waals surface area (Å²) in [4.78, 5) is 13.3. The van der Waals surface area contributed by atoms with Crippen LogP contribution in [0.1, 0.15) is 13.3 Å². The molecule has 3 rings (SSSR count). The van der Waals surface area contributed by atoms with E-state index in [9.17, 15) is 0 Å². The van der Waals surface area contributed by atoms with E-state index >= 15 is 0 Å². The number of anilines is 1. The van der Waals surface area contributed by atoms with Crippen LogP contribution in [0.2, 0.25) is 0 Å². The molecule has 0 saturated heterocycles. The first-order chi connectivity index (χ1) is 9.29. The molecule has 5 nitrogen and oxygen atoms in total. The van der Waals surface area contributed by atoms with Gasteiger partial charge in [0.05, 0.1) is 11.0 Å². The van der Waals surface area contributed by atoms with Gasteiger partial charge in [-0.2, -0.15) is 0 Å². The minimum Gasteiger partial charge on any atom is -0.382 e. The van der Waals surface area contributed by atoms with Crippen molar-refractivity contribution in [3.63, 3.8) is 0 Å². The fourth-order valence-electron chi connectivity index (χ4n) is 2.13. The summed E-state index contributed by atoms with van der Waals surface area (Å²) in [5.41, 5.74) is 8.30. The number of hydrogen-bond donors (Lipinski definition) is 1. The molecule has 0 atom stereocenters. The number of fused-ring (bicyclic) bond motifs is 1. The van der Waals surface area contributed by atoms with Gasteiger partial charge in [0.15, 0.2) is 11.6 Å². The maximum atomic E-state index is 6.02. The van der Waals surface area contributed by atoms with Crippen LogP contribution in [0, 0.1) is 0 Å². The molecule has 0 aliphatic carbocycles. The van der Waals surface area contributed by atoms with E-state index in [0.717, 1.165) is 29.8 Å². The molecule has 0 spiro atoms. The molecule has 1 aromatic carbocycles. The summed E-state index contributed by atoms with van der Waals surface area (Å²) in [5, 5.41) is 0. The van der Waals surface area contributed by atoms with Crippen molar-refractivity contribution in [1.29, 1.82) is 0 Å². The van der Waals surface area contributed by atoms with Crippen molar-refractivity contribution in [3.8, 4) is 11.5 Å². The van der Waals surface area contributed by atoms with Gasteiger partial charge < -0.3 is 10.3 Å². The standard InChI is InChI=1S/C14H15N5/c1-2-8-19-9-7-16-14(19)12-13(15)18-11-6-4-3-5-10(11)17-12/h3-7,9H,2,8H2,1H3,(H2,15,18). The van der Waals surface area contributed by atoms with Gasteiger partial charge in [0, 0.05) is 18.9 Å². The highest BCUT2D eigenvalue weighted by Crippen LogP contribution is 2.23. The molecule has 0 bridgehead atoms. The van der Waals surface area contributed by atoms with Crippen molar-refractivity contribution in [2.24, 2.45) is 0 Å². The van der Waals surface area contributed by atoms with Crippen LogP contribution in [0.25, 0.3) is 22.6 Å². The maximum absolute atomic E-state index is 6.02. The normalized spacial score (nSPS) is 11.0. The third kappa shape index (κ3) is 2.03. The van der Waals surface area contributed by atoms with Crippen LogP contribution in [-0.2, 0) is 6.54 Å². The van der Waals surface area contributed by atoms with Crippen LogP contribution in [0.15, 0.2) is 36.7 Å². The molecule has 0 aliphatic rings. The Balaban J connectivity index is 2.18. The smallest absolute Gasteiger partial charge is 0.162 e. The number of benzene rings is 1. The lowest BCUT2D eigenvalue weighted by atomic mass is 10.2. The molecule has 0 saturated carbocycles. The van der Waals surface area contributed by atoms with Gasteiger partial charge in [-0.3, -0.25) is 0 Å². The van der Waals surface area contributed by atoms with E-state index in [1.807, 2.05) is 30.5 Å². The molecule has 0 radical (unpaired) electrons. The van der Waals surface area contributed by atoms with Gasteiger partial charge >= 0.3 is 0 Å². The molecular formula is C14H15N5. The van der Waals surface area contributed by atoms with Gasteiger partial charge in [-0.25, -0.2) is 15.0 Å². The number of nitrogen functional groups attached to an aromatic ring is 1. The predicted molar refractivity (Wildman–Crippen MR) is 75.5 cm³/mol. The van der Waals surface area contributed by atoms with Gasteiger partial charge in [0.25, 0.3) is 0 Å². The fraction of sp³-hybridized carbons (Fsp3) is 0.214. The summed E-state index contributed by atoms with van der Waals surface area (Å²) < 4.78 is 2.05. The van der Waals surface area contributed by atoms with Crippen molar-refractivity contribution in [3.05, 3.63) is 36.7 Å². The zero-order valence-electron chi connectivity index (χ0n) is 10.7. The van der Waals surface area contributed by atoms with Gasteiger partial charge in [-0.05, 0) is 18.6 Å². The van der Waals surface area contributed by atoms with Crippen LogP contribution in [-0.4, -0.2) is 19.5 Å². The summed E-state index contributed by atoms with van der Waals surface area (Å²) >= 11 is 0. The van der Waals surface area contributed by atoms with Crippen molar-refractivity contribution < 1.29 is 0 Å². The third-order valence-electron chi connectivity index (χ3n) is 2.99. The van der Waals surface area contributed by atoms with Crippen LogP contribution in [0.3, 0.4) is 0 Å². The molecule has 2 heterocycles. The summed E-state index contributed by atoms with van der Waals surface area (Å²) in [5.74, 6) is 1.19. The average molecular weight is 253 g/mol. The van der Waals surface area contributed by atoms with E-state index < -0.39 is 0 Å². The van der Waals surface area contributed by atoms with Gasteiger partial charge in [0.2, 0.25) is 0 Å². The number of rotatable bonds is 3. The van der Waals surface area contributed by atoms with E-state index in [4.69, 9.17) is 5.73 Å². The van der Waals surface area contributed by atoms with Crippen molar-refractivity contribution in [2.45, 2.75) is 19.9 Å². The predicted octanol–water partition coefficient (Wildman–Crippen LogP) is 2.49. The average Bonchev–Trinajstić information content (AvgIpc) is 2.86. The quantitative estimate of drug-likeness (QED) is 0.778. The highest BCUT2D eigenvalue weighted by Gasteiger charge is 2.13. The van der Waals surface area contributed by atoms with Gasteiger partial charge in [-0.1, -0.05) is 19.1 Å². The summed E-state index contributed by atoms with van der Waals surface area (Å²) in [6, 6.07) is 7.70. The molecule has 19 heavy (non-hydrogen) atoms. The molecule has 0 unspecified atom stereocenters. The number of para-hydroxylation sites is 2. The molecule has 2 N–H and O–H groups in total. The van der Waals surface area contributed by atoms with E-state index in [-0.39, 0.29) is 0 Å². The Bertz CT molecular complexity index is 717. The molecule has 3 aromatic rings. The Morgan fingerprint density at radius 3 is 2.63 bits per heavy atom. The minimum atomic E-state index is 0.419. The Morgan fingerprint density at radius 1 is 1.16 bits per heavy atom. The highest BCUT2D eigenvalue weighted by atomic mass is 15.1. The second kappa shape index (κ2) is 4.68. The number of aryl methyl sites for hydroxylation is 1. The molecule has 0 fully saturated rings. The molecule has 0 aliphatic heterocycles. The summed E-state index contributed by atoms with van der Waals surface area (Å²) in [6.45, 7) is 3.02. The second-order valence-electron chi connectivity index (χ2n) is 4.39. The van der Waals surface area contributed by atoms with Crippen LogP contribution in [0.4, 0.5) is 5.82 Å². The Hall–Kier alpha value is -2.43. The number of nitrogens with zero attached hydrogens (tertiary/aromatic N) is 4. The lowest BCUT2D eigenvalue weighted by Gasteiger charge is -2.08. The number of imidazole rings is 1. The van der Waals surface area contributed by atoms with E-state index in [1.54, 1.807) is 6.20 Å². The molecule has 5 heteroatoms. The number of hydrogen-bond acceptors (Lipinski definition) is 4. The molecule has 0 amide bonds. The van der Waals surface area contributed by atoms with Crippen molar-refractivity contribution >= 4 is 16.9 Å². The first kappa shape index (κ1) is 11.6. The van der Waals surface area contributed by atoms with Gasteiger partial charge in [0.1, 0.15) is 5.69 Å². The molecular weight excluding hydrogens is 238 g/mol. The lowest BCUT2D eigenvalue weighted by Crippen LogP contribution is -2.04. The topological polar surface area (TPSA) is 69.6 Å². The Morgan fingerprint density at radius 2 is 1.89 bits per heavy atom. The summed E-state index contributed by atoms with van der Waals surface area (Å²) in [6.07, 6.45) is 4.74. The number of nitrogens with two attached hydrogens (primary N) is 1. The fourth-order valence-corrected chi connectivity index (χ4v) is 2.13. The zero-order valence-corrected chi connectivity index (χ0v) is 10.7. The van der Waals surface area contributed by atoms with Crippen LogP contribution >= 0.6 is 0 Å². The SMILES string of the molecule is CCCn1ccnc1-c1nc2ccccc2nc1N. The van der Waals surface area contributed by atoms with E-state index in [0.29, 0.717) is 11.5 Å². The van der Waals surface area contributed by atoms with Crippen molar-refractivity contribution in [2.75, 3.05) is 5.73 Å². The third-order valence-corrected chi connectivity index (χ3v) is 2.99. The molecule has 2 aromatic heterocycles. The first-order valence-electron chi connectivity index (χ1n) is 6.33. The Kier molecular flexibility index (Phi) is 2.87. The largest absolute Gasteiger partial charge is 0.382 e. The maximum Gasteiger partial charge on any atom is 0.162 e. The van der Waals surface area contributed by atoms with E-state index in [1.165, 1.54) is 0 Å². The van der Waals surface area contributed by atoms with Crippen LogP contribution in [0.5, 0.6) is 0 Å². The Labute approximate surface area is 111 Å². The van der Waals surface area contributed by atoms with Gasteiger partial charge in [-0.15, -0.1) is 0 Å². The monoisotopic (exact) mass is 253 g/mol. The number of aromatic nitrogens is 4.